The molecular weight excluding hydrogens is 782 g/mol. The minimum Gasteiger partial charge on any atom is -0.756 e. The molecule has 61 heavy (non-hydrogen) atoms. The Balaban J connectivity index is 4.18. The first-order valence-electron chi connectivity index (χ1n) is 25.4. The van der Waals surface area contributed by atoms with E-state index in [4.69, 9.17) is 18.5 Å². The number of allylic oxidation sites excluding steroid dienone is 8. The first kappa shape index (κ1) is 59.5. The average molecular weight is 880 g/mol. The van der Waals surface area contributed by atoms with E-state index in [0.29, 0.717) is 24.1 Å². The molecular formula is C52H98NO7P. The van der Waals surface area contributed by atoms with Gasteiger partial charge in [-0.1, -0.05) is 184 Å². The fourth-order valence-corrected chi connectivity index (χ4v) is 7.63. The fourth-order valence-electron chi connectivity index (χ4n) is 6.90. The lowest BCUT2D eigenvalue weighted by Crippen LogP contribution is -2.37. The van der Waals surface area contributed by atoms with Crippen molar-refractivity contribution in [2.75, 3.05) is 54.1 Å². The lowest BCUT2D eigenvalue weighted by Gasteiger charge is -2.28. The molecule has 0 radical (unpaired) electrons. The zero-order valence-corrected chi connectivity index (χ0v) is 41.5. The van der Waals surface area contributed by atoms with Crippen LogP contribution in [0.5, 0.6) is 0 Å². The van der Waals surface area contributed by atoms with Gasteiger partial charge in [-0.05, 0) is 77.0 Å². The van der Waals surface area contributed by atoms with Gasteiger partial charge in [0.1, 0.15) is 19.3 Å². The number of carbonyl (C=O) groups is 1. The summed E-state index contributed by atoms with van der Waals surface area (Å²) >= 11 is 0. The van der Waals surface area contributed by atoms with Crippen molar-refractivity contribution in [1.29, 1.82) is 0 Å². The van der Waals surface area contributed by atoms with E-state index in [1.165, 1.54) is 148 Å². The summed E-state index contributed by atoms with van der Waals surface area (Å²) in [6, 6.07) is 0. The van der Waals surface area contributed by atoms with E-state index in [0.717, 1.165) is 51.4 Å². The number of carbonyl (C=O) groups excluding carboxylic acids is 1. The Hall–Kier alpha value is -1.54. The third-order valence-electron chi connectivity index (χ3n) is 10.9. The predicted octanol–water partition coefficient (Wildman–Crippen LogP) is 14.9. The van der Waals surface area contributed by atoms with Gasteiger partial charge in [-0.25, -0.2) is 0 Å². The van der Waals surface area contributed by atoms with Crippen molar-refractivity contribution in [3.8, 4) is 0 Å². The number of rotatable bonds is 47. The molecule has 2 unspecified atom stereocenters. The van der Waals surface area contributed by atoms with Gasteiger partial charge in [-0.3, -0.25) is 9.36 Å². The van der Waals surface area contributed by atoms with Crippen molar-refractivity contribution >= 4 is 13.8 Å². The van der Waals surface area contributed by atoms with Gasteiger partial charge < -0.3 is 27.9 Å². The summed E-state index contributed by atoms with van der Waals surface area (Å²) in [4.78, 5) is 25.1. The number of hydrogen-bond donors (Lipinski definition) is 0. The van der Waals surface area contributed by atoms with E-state index in [-0.39, 0.29) is 25.8 Å². The molecule has 0 aromatic rings. The number of likely N-dealkylation sites (N-methyl/N-ethyl adjacent to an activating group) is 1. The van der Waals surface area contributed by atoms with Gasteiger partial charge in [-0.15, -0.1) is 0 Å². The van der Waals surface area contributed by atoms with Gasteiger partial charge in [0.2, 0.25) is 0 Å². The molecule has 2 atom stereocenters. The summed E-state index contributed by atoms with van der Waals surface area (Å²) in [5.74, 6) is -0.342. The molecule has 0 N–H and O–H groups in total. The molecule has 0 bridgehead atoms. The second-order valence-corrected chi connectivity index (χ2v) is 19.6. The number of phosphoric ester groups is 1. The van der Waals surface area contributed by atoms with Crippen LogP contribution in [0.25, 0.3) is 0 Å². The van der Waals surface area contributed by atoms with Crippen molar-refractivity contribution in [2.24, 2.45) is 0 Å². The molecule has 0 saturated carbocycles. The van der Waals surface area contributed by atoms with Crippen LogP contribution in [0.3, 0.4) is 0 Å². The fraction of sp³-hybridized carbons (Fsp3) is 0.827. The number of esters is 1. The summed E-state index contributed by atoms with van der Waals surface area (Å²) in [5, 5.41) is 0. The first-order valence-corrected chi connectivity index (χ1v) is 26.8. The van der Waals surface area contributed by atoms with Gasteiger partial charge in [0.05, 0.1) is 34.4 Å². The summed E-state index contributed by atoms with van der Waals surface area (Å²) in [7, 11) is 1.35. The van der Waals surface area contributed by atoms with Crippen LogP contribution < -0.4 is 4.89 Å². The van der Waals surface area contributed by atoms with E-state index in [9.17, 15) is 14.3 Å². The standard InChI is InChI=1S/C52H98NO7P/c1-6-8-10-12-14-16-18-20-22-24-25-26-27-28-30-32-34-36-38-40-42-44-47-57-49-51(50-59-61(55,56)58-48-46-53(3,4)5)60-52(54)45-43-41-39-37-35-33-31-29-23-21-19-17-15-13-11-9-7-2/h18,20-21,23-25,27-28,51H,6-17,19,22,26,29-50H2,1-5H3/b20-18-,23-21-,25-24-,28-27-. The molecule has 0 saturated heterocycles. The maximum Gasteiger partial charge on any atom is 0.306 e. The SMILES string of the molecule is CCCCCCC/C=C\C/C=C\C/C=C\CCCCCCCCCOCC(COP(=O)([O-])OCC[N+](C)(C)C)OC(=O)CCCCCCCCC/C=C\CCCCCCCC. The normalized spacial score (nSPS) is 14.0. The van der Waals surface area contributed by atoms with Crippen LogP contribution >= 0.6 is 7.82 Å². The minimum absolute atomic E-state index is 0.0221. The van der Waals surface area contributed by atoms with Gasteiger partial charge in [-0.2, -0.15) is 0 Å². The molecule has 0 aromatic carbocycles. The quantitative estimate of drug-likeness (QED) is 0.0198. The van der Waals surface area contributed by atoms with Crippen molar-refractivity contribution < 1.29 is 37.3 Å². The van der Waals surface area contributed by atoms with Crippen LogP contribution in [0.1, 0.15) is 219 Å². The topological polar surface area (TPSA) is 94.1 Å². The monoisotopic (exact) mass is 880 g/mol. The highest BCUT2D eigenvalue weighted by molar-refractivity contribution is 7.45. The molecule has 0 aliphatic carbocycles. The molecule has 0 spiro atoms. The molecule has 8 nitrogen and oxygen atoms in total. The summed E-state index contributed by atoms with van der Waals surface area (Å²) in [6.07, 6.45) is 55.6. The number of ether oxygens (including phenoxy) is 2. The lowest BCUT2D eigenvalue weighted by atomic mass is 10.1. The maximum absolute atomic E-state index is 12.7. The van der Waals surface area contributed by atoms with Crippen molar-refractivity contribution in [1.82, 2.24) is 0 Å². The summed E-state index contributed by atoms with van der Waals surface area (Å²) in [5.41, 5.74) is 0. The molecule has 0 aromatic heterocycles. The van der Waals surface area contributed by atoms with Crippen LogP contribution in [0, 0.1) is 0 Å². The molecule has 0 rings (SSSR count). The molecule has 0 fully saturated rings. The molecule has 0 heterocycles. The molecule has 0 amide bonds. The Morgan fingerprint density at radius 3 is 1.36 bits per heavy atom. The van der Waals surface area contributed by atoms with Gasteiger partial charge >= 0.3 is 5.97 Å². The van der Waals surface area contributed by atoms with Crippen LogP contribution in [-0.4, -0.2) is 70.7 Å². The van der Waals surface area contributed by atoms with E-state index >= 15 is 0 Å². The Morgan fingerprint density at radius 2 is 0.902 bits per heavy atom. The number of phosphoric acid groups is 1. The van der Waals surface area contributed by atoms with Gasteiger partial charge in [0.25, 0.3) is 7.82 Å². The zero-order chi connectivity index (χ0) is 44.8. The van der Waals surface area contributed by atoms with Crippen molar-refractivity contribution in [2.45, 2.75) is 225 Å². The van der Waals surface area contributed by atoms with Gasteiger partial charge in [0.15, 0.2) is 0 Å². The average Bonchev–Trinajstić information content (AvgIpc) is 3.22. The summed E-state index contributed by atoms with van der Waals surface area (Å²) in [6.45, 7) is 5.38. The third kappa shape index (κ3) is 49.3. The van der Waals surface area contributed by atoms with E-state index < -0.39 is 13.9 Å². The smallest absolute Gasteiger partial charge is 0.306 e. The number of quaternary nitrogens is 1. The Morgan fingerprint density at radius 1 is 0.508 bits per heavy atom. The van der Waals surface area contributed by atoms with E-state index in [1.807, 2.05) is 21.1 Å². The Labute approximate surface area is 378 Å². The van der Waals surface area contributed by atoms with E-state index in [2.05, 4.69) is 62.5 Å². The highest BCUT2D eigenvalue weighted by Gasteiger charge is 2.20. The van der Waals surface area contributed by atoms with Gasteiger partial charge in [0, 0.05) is 13.0 Å². The largest absolute Gasteiger partial charge is 0.756 e. The zero-order valence-electron chi connectivity index (χ0n) is 40.6. The Bertz CT molecular complexity index is 1120. The molecule has 0 aliphatic rings. The molecule has 358 valence electrons. The third-order valence-corrected chi connectivity index (χ3v) is 11.8. The lowest BCUT2D eigenvalue weighted by molar-refractivity contribution is -0.870. The second kappa shape index (κ2) is 45.0. The molecule has 0 aliphatic heterocycles. The number of unbranched alkanes of at least 4 members (excludes halogenated alkanes) is 25. The second-order valence-electron chi connectivity index (χ2n) is 18.2. The maximum atomic E-state index is 12.7. The van der Waals surface area contributed by atoms with Crippen molar-refractivity contribution in [3.05, 3.63) is 48.6 Å². The van der Waals surface area contributed by atoms with Crippen molar-refractivity contribution in [3.63, 3.8) is 0 Å². The summed E-state index contributed by atoms with van der Waals surface area (Å²) < 4.78 is 34.7. The Kier molecular flexibility index (Phi) is 43.9. The minimum atomic E-state index is -4.53. The highest BCUT2D eigenvalue weighted by Crippen LogP contribution is 2.38. The number of nitrogens with zero attached hydrogens (tertiary/aromatic N) is 1. The first-order chi connectivity index (χ1) is 29.6. The van der Waals surface area contributed by atoms with Crippen LogP contribution in [-0.2, 0) is 27.9 Å². The van der Waals surface area contributed by atoms with Crippen LogP contribution in [0.15, 0.2) is 48.6 Å². The highest BCUT2D eigenvalue weighted by atomic mass is 31.2. The molecule has 9 heteroatoms. The van der Waals surface area contributed by atoms with Crippen LogP contribution in [0.4, 0.5) is 0 Å². The van der Waals surface area contributed by atoms with Crippen LogP contribution in [0.2, 0.25) is 0 Å². The predicted molar refractivity (Wildman–Crippen MR) is 259 cm³/mol. The number of hydrogen-bond acceptors (Lipinski definition) is 7. The van der Waals surface area contributed by atoms with E-state index in [1.54, 1.807) is 0 Å².